The molecule has 2 aromatic heterocycles. The van der Waals surface area contributed by atoms with Gasteiger partial charge >= 0.3 is 0 Å². The number of fused-ring (bicyclic) bond motifs is 1. The molecule has 0 radical (unpaired) electrons. The molecule has 3 aromatic carbocycles. The summed E-state index contributed by atoms with van der Waals surface area (Å²) >= 11 is 0. The van der Waals surface area contributed by atoms with Gasteiger partial charge in [-0.15, -0.1) is 0 Å². The van der Waals surface area contributed by atoms with Crippen molar-refractivity contribution in [1.82, 2.24) is 24.6 Å². The minimum atomic E-state index is -0.0868. The monoisotopic (exact) mass is 489 g/mol. The van der Waals surface area contributed by atoms with Crippen LogP contribution in [0.25, 0.3) is 27.8 Å². The largest absolute Gasteiger partial charge is 0.352 e. The van der Waals surface area contributed by atoms with Crippen LogP contribution >= 0.6 is 0 Å². The third-order valence-electron chi connectivity index (χ3n) is 6.70. The first-order chi connectivity index (χ1) is 18.2. The molecule has 0 spiro atoms. The number of aryl methyl sites for hydroxylation is 1. The molecule has 0 atom stereocenters. The van der Waals surface area contributed by atoms with E-state index in [1.54, 1.807) is 4.57 Å². The molecule has 1 saturated carbocycles. The minimum absolute atomic E-state index is 0.00987. The second-order valence-electron chi connectivity index (χ2n) is 9.38. The number of nitrogens with one attached hydrogen (secondary N) is 1. The summed E-state index contributed by atoms with van der Waals surface area (Å²) in [5.74, 6) is 0.597. The van der Waals surface area contributed by atoms with E-state index in [0.717, 1.165) is 35.3 Å². The van der Waals surface area contributed by atoms with Crippen molar-refractivity contribution in [2.24, 2.45) is 0 Å². The van der Waals surface area contributed by atoms with Gasteiger partial charge in [0, 0.05) is 42.8 Å². The molecule has 1 N–H and O–H groups in total. The lowest BCUT2D eigenvalue weighted by Gasteiger charge is -2.13. The van der Waals surface area contributed by atoms with Crippen molar-refractivity contribution in [3.8, 4) is 16.9 Å². The third-order valence-corrected chi connectivity index (χ3v) is 6.70. The quantitative estimate of drug-likeness (QED) is 0.338. The topological polar surface area (TPSA) is 81.8 Å². The van der Waals surface area contributed by atoms with Crippen LogP contribution in [0.15, 0.2) is 95.9 Å². The zero-order valence-corrected chi connectivity index (χ0v) is 20.4. The van der Waals surface area contributed by atoms with E-state index in [1.165, 1.54) is 0 Å². The SMILES string of the molecule is O=C(CCc1nc2ccccc2c(=O)n1C1CC1)NCc1cn(-c2ccccc2)nc1-c1ccccc1. The Bertz CT molecular complexity index is 1620. The van der Waals surface area contributed by atoms with Crippen molar-refractivity contribution in [3.05, 3.63) is 113 Å². The highest BCUT2D eigenvalue weighted by molar-refractivity contribution is 5.78. The van der Waals surface area contributed by atoms with E-state index in [4.69, 9.17) is 10.1 Å². The minimum Gasteiger partial charge on any atom is -0.352 e. The highest BCUT2D eigenvalue weighted by atomic mass is 16.1. The normalized spacial score (nSPS) is 13.1. The molecule has 1 aliphatic carbocycles. The Morgan fingerprint density at radius 1 is 0.919 bits per heavy atom. The van der Waals surface area contributed by atoms with Gasteiger partial charge in [-0.1, -0.05) is 60.7 Å². The van der Waals surface area contributed by atoms with Crippen LogP contribution in [0.3, 0.4) is 0 Å². The van der Waals surface area contributed by atoms with Gasteiger partial charge in [-0.3, -0.25) is 14.2 Å². The van der Waals surface area contributed by atoms with Gasteiger partial charge in [0.1, 0.15) is 5.82 Å². The fourth-order valence-corrected chi connectivity index (χ4v) is 4.68. The second kappa shape index (κ2) is 9.85. The zero-order valence-electron chi connectivity index (χ0n) is 20.4. The molecule has 0 bridgehead atoms. The summed E-state index contributed by atoms with van der Waals surface area (Å²) in [6.45, 7) is 0.358. The van der Waals surface area contributed by atoms with Crippen LogP contribution in [0.1, 0.15) is 36.7 Å². The number of para-hydroxylation sites is 2. The summed E-state index contributed by atoms with van der Waals surface area (Å²) in [5.41, 5.74) is 4.39. The van der Waals surface area contributed by atoms with Crippen molar-refractivity contribution in [1.29, 1.82) is 0 Å². The van der Waals surface area contributed by atoms with E-state index in [0.29, 0.717) is 29.7 Å². The van der Waals surface area contributed by atoms with E-state index in [2.05, 4.69) is 5.32 Å². The van der Waals surface area contributed by atoms with E-state index in [1.807, 2.05) is 95.8 Å². The first kappa shape index (κ1) is 22.9. The summed E-state index contributed by atoms with van der Waals surface area (Å²) in [7, 11) is 0. The first-order valence-corrected chi connectivity index (χ1v) is 12.6. The van der Waals surface area contributed by atoms with Crippen LogP contribution in [-0.2, 0) is 17.8 Å². The molecule has 7 heteroatoms. The standard InChI is InChI=1S/C30H27N5O2/c36-28(18-17-27-32-26-14-8-7-13-25(26)30(37)35(27)24-15-16-24)31-19-22-20-34(23-11-5-2-6-12-23)33-29(22)21-9-3-1-4-10-21/h1-14,20,24H,15-19H2,(H,31,36). The maximum Gasteiger partial charge on any atom is 0.261 e. The number of nitrogens with zero attached hydrogens (tertiary/aromatic N) is 4. The molecule has 0 saturated heterocycles. The summed E-state index contributed by atoms with van der Waals surface area (Å²) in [6.07, 6.45) is 4.59. The molecule has 5 aromatic rings. The summed E-state index contributed by atoms with van der Waals surface area (Å²) < 4.78 is 3.64. The Morgan fingerprint density at radius 2 is 1.62 bits per heavy atom. The van der Waals surface area contributed by atoms with Gasteiger partial charge in [0.05, 0.1) is 22.3 Å². The van der Waals surface area contributed by atoms with Gasteiger partial charge in [-0.2, -0.15) is 5.10 Å². The van der Waals surface area contributed by atoms with Gasteiger partial charge in [-0.05, 0) is 37.1 Å². The maximum absolute atomic E-state index is 13.1. The smallest absolute Gasteiger partial charge is 0.261 e. The predicted octanol–water partition coefficient (Wildman–Crippen LogP) is 4.83. The number of rotatable bonds is 8. The fourth-order valence-electron chi connectivity index (χ4n) is 4.68. The lowest BCUT2D eigenvalue weighted by atomic mass is 10.1. The third kappa shape index (κ3) is 4.80. The van der Waals surface area contributed by atoms with Gasteiger partial charge in [-0.25, -0.2) is 9.67 Å². The Morgan fingerprint density at radius 3 is 2.38 bits per heavy atom. The van der Waals surface area contributed by atoms with Crippen molar-refractivity contribution >= 4 is 16.8 Å². The van der Waals surface area contributed by atoms with Crippen LogP contribution in [0.2, 0.25) is 0 Å². The zero-order chi connectivity index (χ0) is 25.2. The Balaban J connectivity index is 1.20. The number of amides is 1. The molecular weight excluding hydrogens is 462 g/mol. The Kier molecular flexibility index (Phi) is 6.10. The Labute approximate surface area is 214 Å². The molecule has 0 unspecified atom stereocenters. The van der Waals surface area contributed by atoms with Gasteiger partial charge < -0.3 is 5.32 Å². The number of benzene rings is 3. The van der Waals surface area contributed by atoms with Crippen LogP contribution in [-0.4, -0.2) is 25.2 Å². The molecule has 7 nitrogen and oxygen atoms in total. The van der Waals surface area contributed by atoms with Crippen LogP contribution in [0, 0.1) is 0 Å². The van der Waals surface area contributed by atoms with Crippen molar-refractivity contribution in [2.75, 3.05) is 0 Å². The highest BCUT2D eigenvalue weighted by Gasteiger charge is 2.28. The molecule has 6 rings (SSSR count). The molecule has 0 aliphatic heterocycles. The summed E-state index contributed by atoms with van der Waals surface area (Å²) in [5, 5.41) is 8.50. The van der Waals surface area contributed by atoms with Crippen LogP contribution in [0.5, 0.6) is 0 Å². The van der Waals surface area contributed by atoms with Crippen LogP contribution in [0.4, 0.5) is 0 Å². The number of carbonyl (C=O) groups is 1. The van der Waals surface area contributed by atoms with E-state index < -0.39 is 0 Å². The molecule has 1 fully saturated rings. The van der Waals surface area contributed by atoms with Crippen molar-refractivity contribution in [2.45, 2.75) is 38.3 Å². The van der Waals surface area contributed by atoms with Gasteiger partial charge in [0.15, 0.2) is 0 Å². The lowest BCUT2D eigenvalue weighted by molar-refractivity contribution is -0.121. The lowest BCUT2D eigenvalue weighted by Crippen LogP contribution is -2.27. The van der Waals surface area contributed by atoms with E-state index >= 15 is 0 Å². The molecule has 1 aliphatic rings. The first-order valence-electron chi connectivity index (χ1n) is 12.6. The van der Waals surface area contributed by atoms with E-state index in [-0.39, 0.29) is 23.9 Å². The van der Waals surface area contributed by atoms with Crippen molar-refractivity contribution < 1.29 is 4.79 Å². The highest BCUT2D eigenvalue weighted by Crippen LogP contribution is 2.35. The number of aromatic nitrogens is 4. The molecule has 1 amide bonds. The maximum atomic E-state index is 13.1. The number of carbonyl (C=O) groups excluding carboxylic acids is 1. The summed E-state index contributed by atoms with van der Waals surface area (Å²) in [4.78, 5) is 30.7. The van der Waals surface area contributed by atoms with Gasteiger partial charge in [0.25, 0.3) is 5.56 Å². The van der Waals surface area contributed by atoms with Gasteiger partial charge in [0.2, 0.25) is 5.91 Å². The van der Waals surface area contributed by atoms with E-state index in [9.17, 15) is 9.59 Å². The Hall–Kier alpha value is -4.52. The number of hydrogen-bond donors (Lipinski definition) is 1. The fraction of sp³-hybridized carbons (Fsp3) is 0.200. The molecular formula is C30H27N5O2. The average molecular weight is 490 g/mol. The summed E-state index contributed by atoms with van der Waals surface area (Å²) in [6, 6.07) is 27.5. The van der Waals surface area contributed by atoms with Crippen molar-refractivity contribution in [3.63, 3.8) is 0 Å². The molecule has 2 heterocycles. The van der Waals surface area contributed by atoms with Crippen LogP contribution < -0.4 is 10.9 Å². The molecule has 184 valence electrons. The number of hydrogen-bond acceptors (Lipinski definition) is 4. The average Bonchev–Trinajstić information content (AvgIpc) is 3.69. The molecule has 37 heavy (non-hydrogen) atoms. The second-order valence-corrected chi connectivity index (χ2v) is 9.38. The predicted molar refractivity (Wildman–Crippen MR) is 143 cm³/mol.